The Bertz CT molecular complexity index is 330. The van der Waals surface area contributed by atoms with E-state index in [0.29, 0.717) is 5.92 Å². The third kappa shape index (κ3) is 1.93. The number of nitrogens with two attached hydrogens (primary N) is 1. The van der Waals surface area contributed by atoms with E-state index < -0.39 is 0 Å². The van der Waals surface area contributed by atoms with Crippen molar-refractivity contribution in [2.45, 2.75) is 38.5 Å². The monoisotopic (exact) mass is 203 g/mol. The number of hydrogen-bond donors (Lipinski definition) is 1. The van der Waals surface area contributed by atoms with Crippen LogP contribution in [0.4, 0.5) is 0 Å². The third-order valence-electron chi connectivity index (χ3n) is 3.75. The van der Waals surface area contributed by atoms with Crippen LogP contribution in [0, 0.1) is 5.92 Å². The van der Waals surface area contributed by atoms with E-state index in [2.05, 4.69) is 38.1 Å². The molecule has 0 aliphatic heterocycles. The largest absolute Gasteiger partial charge is 0.330 e. The zero-order chi connectivity index (χ0) is 10.8. The Morgan fingerprint density at radius 3 is 2.47 bits per heavy atom. The number of rotatable bonds is 2. The molecule has 0 spiro atoms. The van der Waals surface area contributed by atoms with E-state index in [1.165, 1.54) is 18.4 Å². The Morgan fingerprint density at radius 2 is 1.87 bits per heavy atom. The summed E-state index contributed by atoms with van der Waals surface area (Å²) in [4.78, 5) is 0. The molecule has 2 unspecified atom stereocenters. The Labute approximate surface area is 92.7 Å². The summed E-state index contributed by atoms with van der Waals surface area (Å²) in [7, 11) is 0. The second kappa shape index (κ2) is 4.36. The van der Waals surface area contributed by atoms with Gasteiger partial charge in [-0.25, -0.2) is 0 Å². The van der Waals surface area contributed by atoms with E-state index in [1.807, 2.05) is 0 Å². The minimum atomic E-state index is 0.594. The first-order valence-corrected chi connectivity index (χ1v) is 6.03. The summed E-state index contributed by atoms with van der Waals surface area (Å²) in [5.41, 5.74) is 8.89. The van der Waals surface area contributed by atoms with Gasteiger partial charge in [0.15, 0.2) is 0 Å². The highest BCUT2D eigenvalue weighted by atomic mass is 14.6. The molecule has 0 aromatic heterocycles. The fraction of sp³-hybridized carbons (Fsp3) is 0.571. The molecule has 0 radical (unpaired) electrons. The second-order valence-corrected chi connectivity index (χ2v) is 4.99. The first kappa shape index (κ1) is 10.7. The third-order valence-corrected chi connectivity index (χ3v) is 3.75. The van der Waals surface area contributed by atoms with Crippen molar-refractivity contribution >= 4 is 0 Å². The number of hydrogen-bond acceptors (Lipinski definition) is 1. The van der Waals surface area contributed by atoms with Gasteiger partial charge in [0.2, 0.25) is 0 Å². The molecule has 1 nitrogen and oxygen atoms in total. The highest BCUT2D eigenvalue weighted by Crippen LogP contribution is 2.41. The van der Waals surface area contributed by atoms with Gasteiger partial charge in [-0.05, 0) is 48.3 Å². The van der Waals surface area contributed by atoms with Gasteiger partial charge in [0.1, 0.15) is 0 Å². The van der Waals surface area contributed by atoms with Crippen molar-refractivity contribution in [3.8, 4) is 0 Å². The molecule has 0 fully saturated rings. The lowest BCUT2D eigenvalue weighted by molar-refractivity contribution is 0.403. The Morgan fingerprint density at radius 1 is 1.20 bits per heavy atom. The van der Waals surface area contributed by atoms with Crippen molar-refractivity contribution in [2.24, 2.45) is 11.7 Å². The molecule has 1 aliphatic rings. The van der Waals surface area contributed by atoms with E-state index in [0.717, 1.165) is 18.4 Å². The van der Waals surface area contributed by atoms with Crippen molar-refractivity contribution in [3.63, 3.8) is 0 Å². The second-order valence-electron chi connectivity index (χ2n) is 4.99. The molecule has 1 aromatic carbocycles. The molecule has 2 rings (SSSR count). The summed E-state index contributed by atoms with van der Waals surface area (Å²) in [6.45, 7) is 5.44. The summed E-state index contributed by atoms with van der Waals surface area (Å²) < 4.78 is 0. The summed E-state index contributed by atoms with van der Waals surface area (Å²) in [6.07, 6.45) is 2.56. The SMILES string of the molecule is CC(C)C1CCC(CN)c2ccccc21. The van der Waals surface area contributed by atoms with Gasteiger partial charge in [0, 0.05) is 0 Å². The van der Waals surface area contributed by atoms with Crippen LogP contribution < -0.4 is 5.73 Å². The van der Waals surface area contributed by atoms with Crippen LogP contribution in [0.1, 0.15) is 49.7 Å². The molecule has 2 atom stereocenters. The van der Waals surface area contributed by atoms with E-state index >= 15 is 0 Å². The maximum atomic E-state index is 5.84. The fourth-order valence-corrected chi connectivity index (χ4v) is 2.85. The lowest BCUT2D eigenvalue weighted by Crippen LogP contribution is -2.22. The standard InChI is InChI=1S/C14H21N/c1-10(2)12-8-7-11(9-15)13-5-3-4-6-14(12)13/h3-6,10-12H,7-9,15H2,1-2H3. The smallest absolute Gasteiger partial charge is 0.000813 e. The van der Waals surface area contributed by atoms with Crippen LogP contribution in [0.3, 0.4) is 0 Å². The first-order chi connectivity index (χ1) is 7.24. The molecule has 1 heteroatoms. The Hall–Kier alpha value is -0.820. The molecule has 1 aliphatic carbocycles. The normalized spacial score (nSPS) is 25.3. The number of benzene rings is 1. The van der Waals surface area contributed by atoms with Gasteiger partial charge in [0.05, 0.1) is 0 Å². The molecule has 0 bridgehead atoms. The predicted molar refractivity (Wildman–Crippen MR) is 65.1 cm³/mol. The maximum absolute atomic E-state index is 5.84. The quantitative estimate of drug-likeness (QED) is 0.784. The molecule has 1 aromatic rings. The van der Waals surface area contributed by atoms with E-state index in [4.69, 9.17) is 5.73 Å². The zero-order valence-electron chi connectivity index (χ0n) is 9.74. The van der Waals surface area contributed by atoms with Gasteiger partial charge >= 0.3 is 0 Å². The average Bonchev–Trinajstić information content (AvgIpc) is 2.27. The van der Waals surface area contributed by atoms with Crippen LogP contribution in [-0.4, -0.2) is 6.54 Å². The van der Waals surface area contributed by atoms with Crippen LogP contribution >= 0.6 is 0 Å². The topological polar surface area (TPSA) is 26.0 Å². The summed E-state index contributed by atoms with van der Waals surface area (Å²) in [6, 6.07) is 8.86. The lowest BCUT2D eigenvalue weighted by atomic mass is 9.72. The van der Waals surface area contributed by atoms with Crippen LogP contribution in [-0.2, 0) is 0 Å². The molecule has 82 valence electrons. The van der Waals surface area contributed by atoms with Crippen molar-refractivity contribution in [2.75, 3.05) is 6.54 Å². The minimum Gasteiger partial charge on any atom is -0.330 e. The van der Waals surface area contributed by atoms with Crippen molar-refractivity contribution in [1.82, 2.24) is 0 Å². The van der Waals surface area contributed by atoms with Gasteiger partial charge in [-0.2, -0.15) is 0 Å². The molecule has 0 amide bonds. The summed E-state index contributed by atoms with van der Waals surface area (Å²) in [5.74, 6) is 2.07. The van der Waals surface area contributed by atoms with E-state index in [9.17, 15) is 0 Å². The molecule has 0 saturated carbocycles. The molecule has 15 heavy (non-hydrogen) atoms. The molecular formula is C14H21N. The minimum absolute atomic E-state index is 0.594. The van der Waals surface area contributed by atoms with E-state index in [-0.39, 0.29) is 0 Å². The van der Waals surface area contributed by atoms with Crippen molar-refractivity contribution in [3.05, 3.63) is 35.4 Å². The highest BCUT2D eigenvalue weighted by molar-refractivity contribution is 5.36. The summed E-state index contributed by atoms with van der Waals surface area (Å²) in [5, 5.41) is 0. The number of fused-ring (bicyclic) bond motifs is 1. The van der Waals surface area contributed by atoms with Crippen LogP contribution in [0.2, 0.25) is 0 Å². The van der Waals surface area contributed by atoms with Gasteiger partial charge < -0.3 is 5.73 Å². The van der Waals surface area contributed by atoms with Crippen LogP contribution in [0.5, 0.6) is 0 Å². The maximum Gasteiger partial charge on any atom is -0.000813 e. The van der Waals surface area contributed by atoms with Crippen LogP contribution in [0.25, 0.3) is 0 Å². The van der Waals surface area contributed by atoms with Crippen LogP contribution in [0.15, 0.2) is 24.3 Å². The molecule has 0 heterocycles. The first-order valence-electron chi connectivity index (χ1n) is 6.03. The average molecular weight is 203 g/mol. The van der Waals surface area contributed by atoms with Crippen molar-refractivity contribution in [1.29, 1.82) is 0 Å². The molecule has 2 N–H and O–H groups in total. The van der Waals surface area contributed by atoms with Gasteiger partial charge in [0.25, 0.3) is 0 Å². The van der Waals surface area contributed by atoms with Gasteiger partial charge in [-0.1, -0.05) is 38.1 Å². The summed E-state index contributed by atoms with van der Waals surface area (Å²) >= 11 is 0. The molecule has 0 saturated heterocycles. The highest BCUT2D eigenvalue weighted by Gasteiger charge is 2.27. The van der Waals surface area contributed by atoms with E-state index in [1.54, 1.807) is 5.56 Å². The predicted octanol–water partition coefficient (Wildman–Crippen LogP) is 3.26. The van der Waals surface area contributed by atoms with Gasteiger partial charge in [-0.3, -0.25) is 0 Å². The zero-order valence-corrected chi connectivity index (χ0v) is 9.74. The fourth-order valence-electron chi connectivity index (χ4n) is 2.85. The Balaban J connectivity index is 2.39. The Kier molecular flexibility index (Phi) is 3.11. The van der Waals surface area contributed by atoms with Crippen molar-refractivity contribution < 1.29 is 0 Å². The molecular weight excluding hydrogens is 182 g/mol. The lowest BCUT2D eigenvalue weighted by Gasteiger charge is -2.33. The van der Waals surface area contributed by atoms with Gasteiger partial charge in [-0.15, -0.1) is 0 Å².